The summed E-state index contributed by atoms with van der Waals surface area (Å²) in [4.78, 5) is 22.0. The largest absolute Gasteiger partial charge is 0.481 e. The molecule has 1 aliphatic carbocycles. The van der Waals surface area contributed by atoms with Crippen molar-refractivity contribution in [2.45, 2.75) is 57.9 Å². The van der Waals surface area contributed by atoms with Gasteiger partial charge in [-0.05, 0) is 31.7 Å². The molecule has 0 aromatic carbocycles. The third-order valence-corrected chi connectivity index (χ3v) is 5.68. The van der Waals surface area contributed by atoms with Crippen LogP contribution in [-0.2, 0) is 17.8 Å². The summed E-state index contributed by atoms with van der Waals surface area (Å²) in [5.74, 6) is 1.18. The van der Waals surface area contributed by atoms with Crippen LogP contribution in [0.15, 0.2) is 18.9 Å². The Kier molecular flexibility index (Phi) is 5.39. The van der Waals surface area contributed by atoms with E-state index in [4.69, 9.17) is 0 Å². The number of carboxylic acids is 1. The summed E-state index contributed by atoms with van der Waals surface area (Å²) in [7, 11) is 0. The van der Waals surface area contributed by atoms with Crippen molar-refractivity contribution in [3.8, 4) is 0 Å². The first-order valence-corrected chi connectivity index (χ1v) is 9.21. The number of hydrogen-bond acceptors (Lipinski definition) is 3. The molecule has 1 atom stereocenters. The summed E-state index contributed by atoms with van der Waals surface area (Å²) in [5.41, 5.74) is 0.426. The molecule has 0 radical (unpaired) electrons. The number of H-pyrrole nitrogens is 1. The van der Waals surface area contributed by atoms with Crippen molar-refractivity contribution in [1.29, 1.82) is 0 Å². The number of aromatic amines is 1. The van der Waals surface area contributed by atoms with Crippen molar-refractivity contribution in [2.75, 3.05) is 13.1 Å². The summed E-state index contributed by atoms with van der Waals surface area (Å²) in [6, 6.07) is 0. The van der Waals surface area contributed by atoms with Gasteiger partial charge in [0.15, 0.2) is 0 Å². The van der Waals surface area contributed by atoms with E-state index in [2.05, 4.69) is 21.4 Å². The number of imidazole rings is 1. The van der Waals surface area contributed by atoms with Crippen molar-refractivity contribution in [2.24, 2.45) is 11.3 Å². The first-order valence-electron chi connectivity index (χ1n) is 9.21. The zero-order chi connectivity index (χ0) is 17.0. The van der Waals surface area contributed by atoms with Crippen LogP contribution in [0.4, 0.5) is 0 Å². The predicted molar refractivity (Wildman–Crippen MR) is 93.6 cm³/mol. The number of aliphatic carboxylic acids is 1. The lowest BCUT2D eigenvalue weighted by Gasteiger charge is -2.39. The molecule has 2 aliphatic rings. The van der Waals surface area contributed by atoms with Gasteiger partial charge in [-0.15, -0.1) is 6.58 Å². The molecule has 0 bridgehead atoms. The minimum Gasteiger partial charge on any atom is -0.481 e. The normalized spacial score (nSPS) is 25.8. The Morgan fingerprint density at radius 1 is 1.46 bits per heavy atom. The lowest BCUT2D eigenvalue weighted by Crippen LogP contribution is -2.47. The van der Waals surface area contributed by atoms with E-state index in [0.717, 1.165) is 49.8 Å². The zero-order valence-electron chi connectivity index (χ0n) is 14.5. The molecular weight excluding hydrogens is 302 g/mol. The number of aromatic nitrogens is 2. The van der Waals surface area contributed by atoms with E-state index in [1.165, 1.54) is 25.7 Å². The van der Waals surface area contributed by atoms with Crippen LogP contribution in [0.3, 0.4) is 0 Å². The van der Waals surface area contributed by atoms with Crippen LogP contribution in [-0.4, -0.2) is 39.0 Å². The van der Waals surface area contributed by atoms with E-state index in [1.807, 2.05) is 6.20 Å². The number of piperidine rings is 1. The monoisotopic (exact) mass is 331 g/mol. The Labute approximate surface area is 144 Å². The minimum atomic E-state index is -0.696. The smallest absolute Gasteiger partial charge is 0.311 e. The second-order valence-electron chi connectivity index (χ2n) is 7.60. The molecule has 3 rings (SSSR count). The van der Waals surface area contributed by atoms with Gasteiger partial charge in [0.25, 0.3) is 0 Å². The van der Waals surface area contributed by atoms with E-state index in [9.17, 15) is 9.90 Å². The minimum absolute atomic E-state index is 0.536. The maximum atomic E-state index is 11.8. The second kappa shape index (κ2) is 7.51. The number of nitrogens with one attached hydrogen (secondary N) is 1. The maximum absolute atomic E-state index is 11.8. The number of allylic oxidation sites excluding steroid dienone is 1. The zero-order valence-corrected chi connectivity index (χ0v) is 14.5. The molecule has 0 spiro atoms. The Balaban J connectivity index is 1.59. The van der Waals surface area contributed by atoms with Crippen LogP contribution in [0, 0.1) is 11.3 Å². The third kappa shape index (κ3) is 3.89. The van der Waals surface area contributed by atoms with Crippen LogP contribution in [0.2, 0.25) is 0 Å². The number of rotatable bonds is 7. The Hall–Kier alpha value is -1.62. The predicted octanol–water partition coefficient (Wildman–Crippen LogP) is 3.39. The second-order valence-corrected chi connectivity index (χ2v) is 7.60. The molecule has 1 aromatic rings. The first-order chi connectivity index (χ1) is 11.6. The average Bonchev–Trinajstić information content (AvgIpc) is 3.20. The highest BCUT2D eigenvalue weighted by Crippen LogP contribution is 2.35. The quantitative estimate of drug-likeness (QED) is 0.752. The van der Waals surface area contributed by atoms with Gasteiger partial charge >= 0.3 is 5.97 Å². The molecule has 2 heterocycles. The fourth-order valence-corrected chi connectivity index (χ4v) is 4.39. The number of nitrogens with zero attached hydrogens (tertiary/aromatic N) is 2. The first kappa shape index (κ1) is 17.2. The fourth-order valence-electron chi connectivity index (χ4n) is 4.39. The topological polar surface area (TPSA) is 69.2 Å². The number of likely N-dealkylation sites (tertiary alicyclic amines) is 1. The van der Waals surface area contributed by atoms with Crippen molar-refractivity contribution < 1.29 is 9.90 Å². The summed E-state index contributed by atoms with van der Waals surface area (Å²) < 4.78 is 0. The van der Waals surface area contributed by atoms with Crippen molar-refractivity contribution in [1.82, 2.24) is 14.9 Å². The molecule has 5 heteroatoms. The van der Waals surface area contributed by atoms with E-state index >= 15 is 0 Å². The van der Waals surface area contributed by atoms with Gasteiger partial charge in [0.1, 0.15) is 5.82 Å². The molecule has 1 aromatic heterocycles. The van der Waals surface area contributed by atoms with Crippen molar-refractivity contribution >= 4 is 5.97 Å². The number of hydrogen-bond donors (Lipinski definition) is 2. The molecule has 5 nitrogen and oxygen atoms in total. The highest BCUT2D eigenvalue weighted by Gasteiger charge is 2.41. The molecule has 0 unspecified atom stereocenters. The fraction of sp³-hybridized carbons (Fsp3) is 0.684. The van der Waals surface area contributed by atoms with Crippen LogP contribution in [0.5, 0.6) is 0 Å². The summed E-state index contributed by atoms with van der Waals surface area (Å²) in [6.45, 7) is 6.04. The van der Waals surface area contributed by atoms with Gasteiger partial charge in [-0.25, -0.2) is 4.98 Å². The SMILES string of the molecule is C=CC[C@]1(C(=O)O)CCCN(Cc2cnc(CC3CCCC3)[nH]2)C1. The third-order valence-electron chi connectivity index (χ3n) is 5.68. The number of carbonyl (C=O) groups is 1. The average molecular weight is 331 g/mol. The molecular formula is C19H29N3O2. The standard InChI is InChI=1S/C19H29N3O2/c1-2-8-19(18(23)24)9-5-10-22(14-19)13-16-12-20-17(21-16)11-15-6-3-4-7-15/h2,12,15H,1,3-11,13-14H2,(H,20,21)(H,23,24)/t19-/m0/s1. The Morgan fingerprint density at radius 2 is 2.25 bits per heavy atom. The van der Waals surface area contributed by atoms with E-state index in [0.29, 0.717) is 13.0 Å². The van der Waals surface area contributed by atoms with Gasteiger partial charge in [0.2, 0.25) is 0 Å². The Bertz CT molecular complexity index is 577. The molecule has 24 heavy (non-hydrogen) atoms. The van der Waals surface area contributed by atoms with Gasteiger partial charge in [0, 0.05) is 31.4 Å². The van der Waals surface area contributed by atoms with Crippen LogP contribution >= 0.6 is 0 Å². The van der Waals surface area contributed by atoms with Crippen LogP contribution < -0.4 is 0 Å². The molecule has 132 valence electrons. The van der Waals surface area contributed by atoms with Crippen LogP contribution in [0.25, 0.3) is 0 Å². The van der Waals surface area contributed by atoms with Crippen molar-refractivity contribution in [3.63, 3.8) is 0 Å². The lowest BCUT2D eigenvalue weighted by atomic mass is 9.77. The van der Waals surface area contributed by atoms with Crippen LogP contribution in [0.1, 0.15) is 56.5 Å². The van der Waals surface area contributed by atoms with Gasteiger partial charge in [-0.1, -0.05) is 31.8 Å². The molecule has 2 fully saturated rings. The Morgan fingerprint density at radius 3 is 2.96 bits per heavy atom. The van der Waals surface area contributed by atoms with Gasteiger partial charge < -0.3 is 10.1 Å². The summed E-state index contributed by atoms with van der Waals surface area (Å²) in [5, 5.41) is 9.67. The highest BCUT2D eigenvalue weighted by atomic mass is 16.4. The van der Waals surface area contributed by atoms with Gasteiger partial charge in [0.05, 0.1) is 5.41 Å². The molecule has 1 aliphatic heterocycles. The van der Waals surface area contributed by atoms with E-state index < -0.39 is 11.4 Å². The highest BCUT2D eigenvalue weighted by molar-refractivity contribution is 5.75. The maximum Gasteiger partial charge on any atom is 0.311 e. The summed E-state index contributed by atoms with van der Waals surface area (Å²) >= 11 is 0. The molecule has 1 saturated carbocycles. The lowest BCUT2D eigenvalue weighted by molar-refractivity contribution is -0.152. The van der Waals surface area contributed by atoms with E-state index in [-0.39, 0.29) is 0 Å². The number of carboxylic acid groups (broad SMARTS) is 1. The van der Waals surface area contributed by atoms with Crippen molar-refractivity contribution in [3.05, 3.63) is 30.4 Å². The molecule has 0 amide bonds. The molecule has 1 saturated heterocycles. The van der Waals surface area contributed by atoms with Gasteiger partial charge in [-0.3, -0.25) is 9.69 Å². The van der Waals surface area contributed by atoms with Gasteiger partial charge in [-0.2, -0.15) is 0 Å². The molecule has 2 N–H and O–H groups in total. The summed E-state index contributed by atoms with van der Waals surface area (Å²) in [6.07, 6.45) is 12.3. The van der Waals surface area contributed by atoms with E-state index in [1.54, 1.807) is 6.08 Å².